The fourth-order valence-corrected chi connectivity index (χ4v) is 2.49. The van der Waals surface area contributed by atoms with E-state index in [9.17, 15) is 4.79 Å². The second-order valence-electron chi connectivity index (χ2n) is 5.35. The average molecular weight is 282 g/mol. The molecule has 3 nitrogen and oxygen atoms in total. The standard InChI is InChI=1S/C18H18O3/c1-12-6-7-14(10-13(12)2)11-16(19)15-4-3-5-17-18(15)21-9-8-20-17/h3-7,10H,8-9,11H2,1-2H3. The van der Waals surface area contributed by atoms with Gasteiger partial charge in [-0.15, -0.1) is 0 Å². The Morgan fingerprint density at radius 1 is 1.05 bits per heavy atom. The summed E-state index contributed by atoms with van der Waals surface area (Å²) in [6, 6.07) is 11.6. The summed E-state index contributed by atoms with van der Waals surface area (Å²) in [5.41, 5.74) is 4.07. The molecule has 0 saturated carbocycles. The number of rotatable bonds is 3. The highest BCUT2D eigenvalue weighted by atomic mass is 16.6. The highest BCUT2D eigenvalue weighted by Gasteiger charge is 2.20. The van der Waals surface area contributed by atoms with Crippen LogP contribution in [0.5, 0.6) is 11.5 Å². The number of ketones is 1. The maximum atomic E-state index is 12.5. The van der Waals surface area contributed by atoms with Gasteiger partial charge in [0.15, 0.2) is 17.3 Å². The number of para-hydroxylation sites is 1. The van der Waals surface area contributed by atoms with Crippen molar-refractivity contribution in [2.75, 3.05) is 13.2 Å². The number of carbonyl (C=O) groups excluding carboxylic acids is 1. The van der Waals surface area contributed by atoms with E-state index in [1.54, 1.807) is 6.07 Å². The monoisotopic (exact) mass is 282 g/mol. The molecule has 2 aromatic carbocycles. The van der Waals surface area contributed by atoms with Gasteiger partial charge in [-0.2, -0.15) is 0 Å². The lowest BCUT2D eigenvalue weighted by molar-refractivity contribution is 0.0982. The number of carbonyl (C=O) groups is 1. The molecule has 1 heterocycles. The molecule has 0 bridgehead atoms. The van der Waals surface area contributed by atoms with Gasteiger partial charge < -0.3 is 9.47 Å². The quantitative estimate of drug-likeness (QED) is 0.808. The maximum absolute atomic E-state index is 12.5. The highest BCUT2D eigenvalue weighted by Crippen LogP contribution is 2.34. The minimum absolute atomic E-state index is 0.0561. The zero-order valence-electron chi connectivity index (χ0n) is 12.3. The van der Waals surface area contributed by atoms with Crippen molar-refractivity contribution in [3.8, 4) is 11.5 Å². The third-order valence-corrected chi connectivity index (χ3v) is 3.80. The maximum Gasteiger partial charge on any atom is 0.172 e. The van der Waals surface area contributed by atoms with Crippen LogP contribution in [0.4, 0.5) is 0 Å². The summed E-state index contributed by atoms with van der Waals surface area (Å²) < 4.78 is 11.1. The molecule has 0 amide bonds. The first-order valence-corrected chi connectivity index (χ1v) is 7.13. The molecule has 3 heteroatoms. The molecule has 2 aromatic rings. The van der Waals surface area contributed by atoms with Gasteiger partial charge in [0.25, 0.3) is 0 Å². The molecule has 21 heavy (non-hydrogen) atoms. The van der Waals surface area contributed by atoms with Crippen LogP contribution >= 0.6 is 0 Å². The lowest BCUT2D eigenvalue weighted by atomic mass is 9.99. The van der Waals surface area contributed by atoms with Crippen molar-refractivity contribution >= 4 is 5.78 Å². The molecule has 0 spiro atoms. The van der Waals surface area contributed by atoms with Crippen LogP contribution in [0.3, 0.4) is 0 Å². The smallest absolute Gasteiger partial charge is 0.172 e. The minimum atomic E-state index is 0.0561. The average Bonchev–Trinajstić information content (AvgIpc) is 2.50. The van der Waals surface area contributed by atoms with Gasteiger partial charge in [0, 0.05) is 6.42 Å². The van der Waals surface area contributed by atoms with E-state index < -0.39 is 0 Å². The van der Waals surface area contributed by atoms with E-state index in [2.05, 4.69) is 26.0 Å². The fraction of sp³-hybridized carbons (Fsp3) is 0.278. The topological polar surface area (TPSA) is 35.5 Å². The number of aryl methyl sites for hydroxylation is 2. The van der Waals surface area contributed by atoms with Crippen LogP contribution in [0.2, 0.25) is 0 Å². The molecular formula is C18H18O3. The van der Waals surface area contributed by atoms with Crippen LogP contribution in [0.25, 0.3) is 0 Å². The molecule has 0 unspecified atom stereocenters. The van der Waals surface area contributed by atoms with Gasteiger partial charge in [-0.25, -0.2) is 0 Å². The second kappa shape index (κ2) is 5.60. The van der Waals surface area contributed by atoms with Crippen molar-refractivity contribution in [2.24, 2.45) is 0 Å². The highest BCUT2D eigenvalue weighted by molar-refractivity contribution is 6.00. The summed E-state index contributed by atoms with van der Waals surface area (Å²) in [7, 11) is 0. The molecule has 0 fully saturated rings. The molecular weight excluding hydrogens is 264 g/mol. The Hall–Kier alpha value is -2.29. The fourth-order valence-electron chi connectivity index (χ4n) is 2.49. The van der Waals surface area contributed by atoms with Crippen LogP contribution in [-0.4, -0.2) is 19.0 Å². The Morgan fingerprint density at radius 3 is 2.67 bits per heavy atom. The summed E-state index contributed by atoms with van der Waals surface area (Å²) in [4.78, 5) is 12.5. The third kappa shape index (κ3) is 2.77. The van der Waals surface area contributed by atoms with Crippen LogP contribution in [-0.2, 0) is 6.42 Å². The van der Waals surface area contributed by atoms with Gasteiger partial charge in [-0.1, -0.05) is 24.3 Å². The summed E-state index contributed by atoms with van der Waals surface area (Å²) >= 11 is 0. The number of ether oxygens (including phenoxy) is 2. The Balaban J connectivity index is 1.87. The molecule has 1 aliphatic heterocycles. The van der Waals surface area contributed by atoms with Crippen LogP contribution < -0.4 is 9.47 Å². The number of Topliss-reactive ketones (excluding diaryl/α,β-unsaturated/α-hetero) is 1. The van der Waals surface area contributed by atoms with E-state index in [0.717, 1.165) is 5.56 Å². The van der Waals surface area contributed by atoms with Crippen LogP contribution in [0.1, 0.15) is 27.0 Å². The second-order valence-corrected chi connectivity index (χ2v) is 5.35. The normalized spacial score (nSPS) is 13.0. The van der Waals surface area contributed by atoms with Gasteiger partial charge in [-0.3, -0.25) is 4.79 Å². The van der Waals surface area contributed by atoms with Crippen molar-refractivity contribution in [2.45, 2.75) is 20.3 Å². The van der Waals surface area contributed by atoms with E-state index in [-0.39, 0.29) is 5.78 Å². The molecule has 0 radical (unpaired) electrons. The van der Waals surface area contributed by atoms with Gasteiger partial charge >= 0.3 is 0 Å². The Labute approximate surface area is 124 Å². The summed E-state index contributed by atoms with van der Waals surface area (Å²) in [5, 5.41) is 0. The first-order chi connectivity index (χ1) is 10.1. The minimum Gasteiger partial charge on any atom is -0.486 e. The molecule has 0 aromatic heterocycles. The SMILES string of the molecule is Cc1ccc(CC(=O)c2cccc3c2OCCO3)cc1C. The summed E-state index contributed by atoms with van der Waals surface area (Å²) in [6.45, 7) is 5.15. The largest absolute Gasteiger partial charge is 0.486 e. The zero-order valence-corrected chi connectivity index (χ0v) is 12.3. The van der Waals surface area contributed by atoms with Gasteiger partial charge in [0.05, 0.1) is 5.56 Å². The molecule has 0 saturated heterocycles. The molecule has 1 aliphatic rings. The van der Waals surface area contributed by atoms with Crippen LogP contribution in [0, 0.1) is 13.8 Å². The van der Waals surface area contributed by atoms with Crippen molar-refractivity contribution in [3.05, 3.63) is 58.7 Å². The predicted molar refractivity (Wildman–Crippen MR) is 81.4 cm³/mol. The van der Waals surface area contributed by atoms with E-state index in [0.29, 0.717) is 36.7 Å². The number of hydrogen-bond acceptors (Lipinski definition) is 3. The third-order valence-electron chi connectivity index (χ3n) is 3.80. The predicted octanol–water partition coefficient (Wildman–Crippen LogP) is 3.50. The molecule has 0 aliphatic carbocycles. The van der Waals surface area contributed by atoms with E-state index in [1.807, 2.05) is 18.2 Å². The Kier molecular flexibility index (Phi) is 3.65. The molecule has 0 atom stereocenters. The van der Waals surface area contributed by atoms with Gasteiger partial charge in [-0.05, 0) is 42.7 Å². The number of hydrogen-bond donors (Lipinski definition) is 0. The molecule has 108 valence electrons. The molecule has 3 rings (SSSR count). The van der Waals surface area contributed by atoms with E-state index >= 15 is 0 Å². The van der Waals surface area contributed by atoms with Gasteiger partial charge in [0.1, 0.15) is 13.2 Å². The van der Waals surface area contributed by atoms with E-state index in [1.165, 1.54) is 11.1 Å². The Morgan fingerprint density at radius 2 is 1.86 bits per heavy atom. The van der Waals surface area contributed by atoms with Crippen molar-refractivity contribution in [1.82, 2.24) is 0 Å². The summed E-state index contributed by atoms with van der Waals surface area (Å²) in [6.07, 6.45) is 0.376. The summed E-state index contributed by atoms with van der Waals surface area (Å²) in [5.74, 6) is 1.30. The lowest BCUT2D eigenvalue weighted by Gasteiger charge is -2.20. The van der Waals surface area contributed by atoms with Crippen molar-refractivity contribution in [3.63, 3.8) is 0 Å². The van der Waals surface area contributed by atoms with Gasteiger partial charge in [0.2, 0.25) is 0 Å². The first-order valence-electron chi connectivity index (χ1n) is 7.13. The van der Waals surface area contributed by atoms with Crippen molar-refractivity contribution in [1.29, 1.82) is 0 Å². The number of benzene rings is 2. The van der Waals surface area contributed by atoms with E-state index in [4.69, 9.17) is 9.47 Å². The molecule has 0 N–H and O–H groups in total. The van der Waals surface area contributed by atoms with Crippen molar-refractivity contribution < 1.29 is 14.3 Å². The van der Waals surface area contributed by atoms with Crippen LogP contribution in [0.15, 0.2) is 36.4 Å². The first kappa shape index (κ1) is 13.7. The Bertz CT molecular complexity index is 689. The lowest BCUT2D eigenvalue weighted by Crippen LogP contribution is -2.18. The zero-order chi connectivity index (χ0) is 14.8. The number of fused-ring (bicyclic) bond motifs is 1.